The van der Waals surface area contributed by atoms with Crippen LogP contribution < -0.4 is 5.73 Å². The maximum atomic E-state index is 9.83. The minimum absolute atomic E-state index is 0.319. The Morgan fingerprint density at radius 3 is 2.45 bits per heavy atom. The molecule has 1 atom stereocenters. The predicted molar refractivity (Wildman–Crippen MR) is 77.1 cm³/mol. The lowest BCUT2D eigenvalue weighted by Crippen LogP contribution is -2.44. The van der Waals surface area contributed by atoms with E-state index in [1.807, 2.05) is 12.4 Å². The molecule has 0 aromatic carbocycles. The van der Waals surface area contributed by atoms with Crippen LogP contribution in [-0.4, -0.2) is 27.3 Å². The van der Waals surface area contributed by atoms with E-state index < -0.39 is 6.10 Å². The molecule has 0 amide bonds. The Hall–Kier alpha value is -0.870. The van der Waals surface area contributed by atoms with Gasteiger partial charge < -0.3 is 15.4 Å². The third-order valence-electron chi connectivity index (χ3n) is 5.95. The fourth-order valence-electron chi connectivity index (χ4n) is 5.42. The summed E-state index contributed by atoms with van der Waals surface area (Å²) in [5.74, 6) is 5.50. The van der Waals surface area contributed by atoms with Gasteiger partial charge in [0.05, 0.1) is 12.6 Å². The van der Waals surface area contributed by atoms with Gasteiger partial charge in [0, 0.05) is 24.9 Å². The molecule has 4 fully saturated rings. The predicted octanol–water partition coefficient (Wildman–Crippen LogP) is 1.74. The van der Waals surface area contributed by atoms with Crippen LogP contribution in [-0.2, 0) is 6.54 Å². The van der Waals surface area contributed by atoms with E-state index in [2.05, 4.69) is 9.55 Å². The highest BCUT2D eigenvalue weighted by molar-refractivity contribution is 5.12. The SMILES string of the molecule is NCC(O)Cn1ccnc1C1C2CC3CC(C2)CC1C3. The molecule has 1 heterocycles. The molecule has 3 N–H and O–H groups in total. The average Bonchev–Trinajstić information content (AvgIpc) is 2.85. The van der Waals surface area contributed by atoms with Gasteiger partial charge in [0.25, 0.3) is 0 Å². The molecule has 1 unspecified atom stereocenters. The van der Waals surface area contributed by atoms with Crippen LogP contribution in [0.15, 0.2) is 12.4 Å². The maximum absolute atomic E-state index is 9.83. The Labute approximate surface area is 120 Å². The normalized spacial score (nSPS) is 40.2. The second-order valence-corrected chi connectivity index (χ2v) is 7.28. The average molecular weight is 275 g/mol. The van der Waals surface area contributed by atoms with Gasteiger partial charge in [-0.1, -0.05) is 0 Å². The van der Waals surface area contributed by atoms with Crippen LogP contribution in [0.25, 0.3) is 0 Å². The molecule has 20 heavy (non-hydrogen) atoms. The van der Waals surface area contributed by atoms with Crippen LogP contribution in [0.3, 0.4) is 0 Å². The molecule has 5 rings (SSSR count). The Kier molecular flexibility index (Phi) is 3.11. The third-order valence-corrected chi connectivity index (χ3v) is 5.95. The molecule has 4 saturated carbocycles. The van der Waals surface area contributed by atoms with Crippen LogP contribution in [0, 0.1) is 23.7 Å². The Morgan fingerprint density at radius 2 is 1.85 bits per heavy atom. The number of aromatic nitrogens is 2. The number of imidazole rings is 1. The van der Waals surface area contributed by atoms with E-state index in [-0.39, 0.29) is 0 Å². The molecular formula is C16H25N3O. The minimum Gasteiger partial charge on any atom is -0.390 e. The number of rotatable bonds is 4. The Morgan fingerprint density at radius 1 is 1.20 bits per heavy atom. The molecule has 4 aliphatic carbocycles. The van der Waals surface area contributed by atoms with Crippen LogP contribution in [0.2, 0.25) is 0 Å². The zero-order chi connectivity index (χ0) is 13.7. The summed E-state index contributed by atoms with van der Waals surface area (Å²) in [6.45, 7) is 0.911. The van der Waals surface area contributed by atoms with Crippen molar-refractivity contribution in [2.24, 2.45) is 29.4 Å². The van der Waals surface area contributed by atoms with Crippen molar-refractivity contribution in [2.45, 2.75) is 50.7 Å². The summed E-state index contributed by atoms with van der Waals surface area (Å²) in [7, 11) is 0. The molecule has 1 aromatic heterocycles. The van der Waals surface area contributed by atoms with Gasteiger partial charge >= 0.3 is 0 Å². The topological polar surface area (TPSA) is 64.1 Å². The van der Waals surface area contributed by atoms with Crippen molar-refractivity contribution in [1.29, 1.82) is 0 Å². The van der Waals surface area contributed by atoms with E-state index in [1.54, 1.807) is 0 Å². The zero-order valence-corrected chi connectivity index (χ0v) is 12.0. The number of hydrogen-bond donors (Lipinski definition) is 2. The van der Waals surface area contributed by atoms with E-state index in [4.69, 9.17) is 5.73 Å². The fourth-order valence-corrected chi connectivity index (χ4v) is 5.42. The number of hydrogen-bond acceptors (Lipinski definition) is 3. The van der Waals surface area contributed by atoms with E-state index in [9.17, 15) is 5.11 Å². The van der Waals surface area contributed by atoms with Gasteiger partial charge in [0.15, 0.2) is 0 Å². The number of aliphatic hydroxyl groups excluding tert-OH is 1. The van der Waals surface area contributed by atoms with Crippen molar-refractivity contribution in [3.63, 3.8) is 0 Å². The molecule has 1 aromatic rings. The second kappa shape index (κ2) is 4.85. The van der Waals surface area contributed by atoms with Gasteiger partial charge in [0.1, 0.15) is 5.82 Å². The molecule has 4 heteroatoms. The first kappa shape index (κ1) is 12.8. The van der Waals surface area contributed by atoms with Crippen molar-refractivity contribution in [3.05, 3.63) is 18.2 Å². The van der Waals surface area contributed by atoms with Crippen molar-refractivity contribution in [3.8, 4) is 0 Å². The van der Waals surface area contributed by atoms with Crippen molar-refractivity contribution in [2.75, 3.05) is 6.54 Å². The highest BCUT2D eigenvalue weighted by atomic mass is 16.3. The van der Waals surface area contributed by atoms with Gasteiger partial charge in [-0.3, -0.25) is 0 Å². The zero-order valence-electron chi connectivity index (χ0n) is 12.0. The summed E-state index contributed by atoms with van der Waals surface area (Å²) in [6, 6.07) is 0. The van der Waals surface area contributed by atoms with E-state index in [1.165, 1.54) is 37.9 Å². The molecule has 110 valence electrons. The molecule has 0 aliphatic heterocycles. The van der Waals surface area contributed by atoms with E-state index in [0.717, 1.165) is 23.7 Å². The summed E-state index contributed by atoms with van der Waals surface area (Å²) in [6.07, 6.45) is 10.6. The van der Waals surface area contributed by atoms with Gasteiger partial charge in [-0.15, -0.1) is 0 Å². The monoisotopic (exact) mass is 275 g/mol. The maximum Gasteiger partial charge on any atom is 0.112 e. The van der Waals surface area contributed by atoms with E-state index >= 15 is 0 Å². The van der Waals surface area contributed by atoms with Gasteiger partial charge in [0.2, 0.25) is 0 Å². The number of aliphatic hydroxyl groups is 1. The van der Waals surface area contributed by atoms with Crippen molar-refractivity contribution < 1.29 is 5.11 Å². The van der Waals surface area contributed by atoms with Gasteiger partial charge in [-0.25, -0.2) is 4.98 Å². The first-order valence-corrected chi connectivity index (χ1v) is 8.13. The minimum atomic E-state index is -0.459. The molecule has 4 nitrogen and oxygen atoms in total. The lowest BCUT2D eigenvalue weighted by atomic mass is 9.51. The third kappa shape index (κ3) is 2.01. The molecule has 0 saturated heterocycles. The first-order chi connectivity index (χ1) is 9.74. The van der Waals surface area contributed by atoms with E-state index in [0.29, 0.717) is 19.0 Å². The lowest BCUT2D eigenvalue weighted by molar-refractivity contribution is -0.00735. The quantitative estimate of drug-likeness (QED) is 0.880. The lowest BCUT2D eigenvalue weighted by Gasteiger charge is -2.54. The second-order valence-electron chi connectivity index (χ2n) is 7.28. The van der Waals surface area contributed by atoms with Gasteiger partial charge in [-0.05, 0) is 55.8 Å². The smallest absolute Gasteiger partial charge is 0.112 e. The Balaban J connectivity index is 1.60. The van der Waals surface area contributed by atoms with Crippen LogP contribution >= 0.6 is 0 Å². The summed E-state index contributed by atoms with van der Waals surface area (Å²) >= 11 is 0. The summed E-state index contributed by atoms with van der Waals surface area (Å²) < 4.78 is 2.16. The van der Waals surface area contributed by atoms with Crippen LogP contribution in [0.5, 0.6) is 0 Å². The molecule has 4 aliphatic rings. The largest absolute Gasteiger partial charge is 0.390 e. The number of nitrogens with zero attached hydrogens (tertiary/aromatic N) is 2. The first-order valence-electron chi connectivity index (χ1n) is 8.13. The highest BCUT2D eigenvalue weighted by Gasteiger charge is 2.49. The molecule has 0 radical (unpaired) electrons. The summed E-state index contributed by atoms with van der Waals surface area (Å²) in [5, 5.41) is 9.83. The van der Waals surface area contributed by atoms with Crippen LogP contribution in [0.1, 0.15) is 43.8 Å². The fraction of sp³-hybridized carbons (Fsp3) is 0.812. The summed E-state index contributed by atoms with van der Waals surface area (Å²) in [5.41, 5.74) is 5.55. The van der Waals surface area contributed by atoms with Crippen molar-refractivity contribution in [1.82, 2.24) is 9.55 Å². The standard InChI is InChI=1S/C16H25N3O/c17-8-14(20)9-19-2-1-18-16(19)15-12-4-10-3-11(6-12)7-13(15)5-10/h1-2,10-15,20H,3-9,17H2. The van der Waals surface area contributed by atoms with Crippen LogP contribution in [0.4, 0.5) is 0 Å². The van der Waals surface area contributed by atoms with Crippen molar-refractivity contribution >= 4 is 0 Å². The summed E-state index contributed by atoms with van der Waals surface area (Å²) in [4.78, 5) is 4.66. The Bertz CT molecular complexity index is 456. The molecular weight excluding hydrogens is 250 g/mol. The highest BCUT2D eigenvalue weighted by Crippen LogP contribution is 2.59. The molecule has 0 spiro atoms. The number of nitrogens with two attached hydrogens (primary N) is 1. The van der Waals surface area contributed by atoms with Gasteiger partial charge in [-0.2, -0.15) is 0 Å². The molecule has 4 bridgehead atoms.